The number of rotatable bonds is 4. The van der Waals surface area contributed by atoms with Crippen molar-refractivity contribution in [1.82, 2.24) is 4.90 Å². The lowest BCUT2D eigenvalue weighted by molar-refractivity contribution is 0.0920. The summed E-state index contributed by atoms with van der Waals surface area (Å²) >= 11 is 0. The summed E-state index contributed by atoms with van der Waals surface area (Å²) in [4.78, 5) is 4.94. The van der Waals surface area contributed by atoms with E-state index >= 15 is 0 Å². The average molecular weight is 274 g/mol. The Bertz CT molecular complexity index is 412. The van der Waals surface area contributed by atoms with Crippen LogP contribution < -0.4 is 9.64 Å². The molecule has 1 atom stereocenters. The van der Waals surface area contributed by atoms with E-state index in [0.717, 1.165) is 18.8 Å². The van der Waals surface area contributed by atoms with Crippen LogP contribution in [0.5, 0.6) is 5.75 Å². The van der Waals surface area contributed by atoms with Crippen molar-refractivity contribution >= 4 is 5.69 Å². The summed E-state index contributed by atoms with van der Waals surface area (Å²) in [6, 6.07) is 8.69. The fourth-order valence-electron chi connectivity index (χ4n) is 3.30. The summed E-state index contributed by atoms with van der Waals surface area (Å²) in [6.45, 7) is 8.07. The number of hydrogen-bond acceptors (Lipinski definition) is 3. The summed E-state index contributed by atoms with van der Waals surface area (Å²) < 4.78 is 6.14. The van der Waals surface area contributed by atoms with Gasteiger partial charge in [0.1, 0.15) is 11.9 Å². The standard InChI is InChI=1S/C17H26N2O/c1-2-18-11-5-6-17(14-18)20-16-9-7-15(8-10-16)19-12-3-4-13-19/h7-10,17H,2-6,11-14H2,1H3. The van der Waals surface area contributed by atoms with Crippen molar-refractivity contribution in [2.45, 2.75) is 38.7 Å². The lowest BCUT2D eigenvalue weighted by Gasteiger charge is -2.32. The van der Waals surface area contributed by atoms with Crippen LogP contribution in [0.2, 0.25) is 0 Å². The quantitative estimate of drug-likeness (QED) is 0.839. The van der Waals surface area contributed by atoms with Crippen LogP contribution in [0.15, 0.2) is 24.3 Å². The van der Waals surface area contributed by atoms with Crippen LogP contribution in [0.25, 0.3) is 0 Å². The molecule has 2 aliphatic heterocycles. The van der Waals surface area contributed by atoms with Crippen molar-refractivity contribution < 1.29 is 4.74 Å². The largest absolute Gasteiger partial charge is 0.489 e. The first-order valence-corrected chi connectivity index (χ1v) is 8.09. The van der Waals surface area contributed by atoms with E-state index in [1.807, 2.05) is 0 Å². The fourth-order valence-corrected chi connectivity index (χ4v) is 3.30. The highest BCUT2D eigenvalue weighted by Crippen LogP contribution is 2.24. The summed E-state index contributed by atoms with van der Waals surface area (Å²) in [5.74, 6) is 1.02. The molecule has 20 heavy (non-hydrogen) atoms. The van der Waals surface area contributed by atoms with Crippen LogP contribution in [0, 0.1) is 0 Å². The number of likely N-dealkylation sites (N-methyl/N-ethyl adjacent to an activating group) is 1. The Kier molecular flexibility index (Phi) is 4.46. The highest BCUT2D eigenvalue weighted by atomic mass is 16.5. The van der Waals surface area contributed by atoms with Gasteiger partial charge < -0.3 is 9.64 Å². The minimum absolute atomic E-state index is 0.362. The van der Waals surface area contributed by atoms with E-state index in [1.54, 1.807) is 0 Å². The number of hydrogen-bond donors (Lipinski definition) is 0. The maximum Gasteiger partial charge on any atom is 0.119 e. The summed E-state index contributed by atoms with van der Waals surface area (Å²) in [7, 11) is 0. The maximum atomic E-state index is 6.14. The van der Waals surface area contributed by atoms with E-state index in [9.17, 15) is 0 Å². The number of benzene rings is 1. The van der Waals surface area contributed by atoms with Crippen molar-refractivity contribution in [2.75, 3.05) is 37.6 Å². The second-order valence-corrected chi connectivity index (χ2v) is 5.96. The molecule has 0 spiro atoms. The lowest BCUT2D eigenvalue weighted by Crippen LogP contribution is -2.40. The number of ether oxygens (including phenoxy) is 1. The van der Waals surface area contributed by atoms with Gasteiger partial charge in [-0.15, -0.1) is 0 Å². The maximum absolute atomic E-state index is 6.14. The van der Waals surface area contributed by atoms with Gasteiger partial charge in [-0.05, 0) is 63.0 Å². The summed E-state index contributed by atoms with van der Waals surface area (Å²) in [6.07, 6.45) is 5.45. The van der Waals surface area contributed by atoms with Gasteiger partial charge in [-0.3, -0.25) is 4.90 Å². The van der Waals surface area contributed by atoms with Crippen LogP contribution in [0.3, 0.4) is 0 Å². The molecule has 0 N–H and O–H groups in total. The van der Waals surface area contributed by atoms with Gasteiger partial charge in [-0.1, -0.05) is 6.92 Å². The molecule has 1 unspecified atom stereocenters. The van der Waals surface area contributed by atoms with Crippen molar-refractivity contribution in [1.29, 1.82) is 0 Å². The smallest absolute Gasteiger partial charge is 0.119 e. The molecule has 2 fully saturated rings. The van der Waals surface area contributed by atoms with Gasteiger partial charge in [0.25, 0.3) is 0 Å². The summed E-state index contributed by atoms with van der Waals surface area (Å²) in [5, 5.41) is 0. The lowest BCUT2D eigenvalue weighted by atomic mass is 10.1. The van der Waals surface area contributed by atoms with Gasteiger partial charge in [0, 0.05) is 25.3 Å². The predicted molar refractivity (Wildman–Crippen MR) is 83.7 cm³/mol. The van der Waals surface area contributed by atoms with E-state index in [4.69, 9.17) is 4.74 Å². The zero-order chi connectivity index (χ0) is 13.8. The van der Waals surface area contributed by atoms with E-state index in [-0.39, 0.29) is 0 Å². The Morgan fingerprint density at radius 1 is 1.05 bits per heavy atom. The highest BCUT2D eigenvalue weighted by Gasteiger charge is 2.20. The van der Waals surface area contributed by atoms with Crippen LogP contribution >= 0.6 is 0 Å². The van der Waals surface area contributed by atoms with Gasteiger partial charge in [0.15, 0.2) is 0 Å². The SMILES string of the molecule is CCN1CCCC(Oc2ccc(N3CCCC3)cc2)C1. The normalized spacial score (nSPS) is 24.1. The number of likely N-dealkylation sites (tertiary alicyclic amines) is 1. The van der Waals surface area contributed by atoms with Crippen LogP contribution in [0.4, 0.5) is 5.69 Å². The summed E-state index contributed by atoms with van der Waals surface area (Å²) in [5.41, 5.74) is 1.34. The molecule has 0 saturated carbocycles. The van der Waals surface area contributed by atoms with Crippen LogP contribution in [0.1, 0.15) is 32.6 Å². The topological polar surface area (TPSA) is 15.7 Å². The first-order valence-electron chi connectivity index (χ1n) is 8.09. The minimum Gasteiger partial charge on any atom is -0.489 e. The molecule has 110 valence electrons. The van der Waals surface area contributed by atoms with E-state index in [2.05, 4.69) is 41.0 Å². The van der Waals surface area contributed by atoms with Crippen molar-refractivity contribution in [3.8, 4) is 5.75 Å². The molecule has 3 heteroatoms. The molecule has 0 aliphatic carbocycles. The zero-order valence-electron chi connectivity index (χ0n) is 12.6. The number of anilines is 1. The molecule has 2 aliphatic rings. The highest BCUT2D eigenvalue weighted by molar-refractivity contribution is 5.49. The second kappa shape index (κ2) is 6.49. The Hall–Kier alpha value is -1.22. The van der Waals surface area contributed by atoms with Gasteiger partial charge in [0.2, 0.25) is 0 Å². The Morgan fingerprint density at radius 3 is 2.50 bits per heavy atom. The van der Waals surface area contributed by atoms with Crippen molar-refractivity contribution in [3.63, 3.8) is 0 Å². The predicted octanol–water partition coefficient (Wildman–Crippen LogP) is 3.15. The third-order valence-electron chi connectivity index (χ3n) is 4.52. The molecule has 1 aromatic carbocycles. The van der Waals surface area contributed by atoms with Crippen molar-refractivity contribution in [3.05, 3.63) is 24.3 Å². The first kappa shape index (κ1) is 13.7. The van der Waals surface area contributed by atoms with Gasteiger partial charge >= 0.3 is 0 Å². The fraction of sp³-hybridized carbons (Fsp3) is 0.647. The van der Waals surface area contributed by atoms with E-state index in [0.29, 0.717) is 6.10 Å². The van der Waals surface area contributed by atoms with E-state index in [1.165, 1.54) is 51.0 Å². The van der Waals surface area contributed by atoms with E-state index < -0.39 is 0 Å². The first-order chi connectivity index (χ1) is 9.85. The van der Waals surface area contributed by atoms with Gasteiger partial charge in [-0.25, -0.2) is 0 Å². The molecule has 3 rings (SSSR count). The third kappa shape index (κ3) is 3.26. The zero-order valence-corrected chi connectivity index (χ0v) is 12.6. The average Bonchev–Trinajstić information content (AvgIpc) is 3.02. The molecule has 0 aromatic heterocycles. The molecule has 3 nitrogen and oxygen atoms in total. The Morgan fingerprint density at radius 2 is 1.80 bits per heavy atom. The number of piperidine rings is 1. The molecule has 2 saturated heterocycles. The van der Waals surface area contributed by atoms with Crippen LogP contribution in [-0.2, 0) is 0 Å². The van der Waals surface area contributed by atoms with Gasteiger partial charge in [-0.2, -0.15) is 0 Å². The third-order valence-corrected chi connectivity index (χ3v) is 4.52. The molecular weight excluding hydrogens is 248 g/mol. The Balaban J connectivity index is 1.57. The molecule has 0 amide bonds. The molecule has 0 radical (unpaired) electrons. The molecule has 2 heterocycles. The monoisotopic (exact) mass is 274 g/mol. The molecule has 0 bridgehead atoms. The van der Waals surface area contributed by atoms with Crippen LogP contribution in [-0.4, -0.2) is 43.7 Å². The minimum atomic E-state index is 0.362. The molecule has 1 aromatic rings. The number of nitrogens with zero attached hydrogens (tertiary/aromatic N) is 2. The Labute approximate surface area is 122 Å². The molecular formula is C17H26N2O. The van der Waals surface area contributed by atoms with Crippen molar-refractivity contribution in [2.24, 2.45) is 0 Å². The van der Waals surface area contributed by atoms with Gasteiger partial charge in [0.05, 0.1) is 0 Å². The second-order valence-electron chi connectivity index (χ2n) is 5.96.